The average Bonchev–Trinajstić information content (AvgIpc) is 2.95. The Hall–Kier alpha value is -1.60. The van der Waals surface area contributed by atoms with Gasteiger partial charge in [0, 0.05) is 19.3 Å². The fraction of sp³-hybridized carbons (Fsp3) is 0.765. The summed E-state index contributed by atoms with van der Waals surface area (Å²) >= 11 is 0. The maximum atomic E-state index is 12.0. The van der Waals surface area contributed by atoms with Crippen molar-refractivity contribution in [3.8, 4) is 5.88 Å². The Kier molecular flexibility index (Phi) is 7.52. The number of rotatable bonds is 9. The summed E-state index contributed by atoms with van der Waals surface area (Å²) in [6.45, 7) is 7.90. The van der Waals surface area contributed by atoms with Crippen molar-refractivity contribution in [2.75, 3.05) is 19.8 Å². The number of carbonyl (C=O) groups is 1. The quantitative estimate of drug-likeness (QED) is 0.508. The normalized spacial score (nSPS) is 17.9. The fourth-order valence-electron chi connectivity index (χ4n) is 2.46. The molecule has 7 heteroatoms. The summed E-state index contributed by atoms with van der Waals surface area (Å²) in [5.74, 6) is -0.0914. The van der Waals surface area contributed by atoms with E-state index in [1.54, 1.807) is 17.8 Å². The van der Waals surface area contributed by atoms with Crippen molar-refractivity contribution < 1.29 is 23.7 Å². The number of aryl methyl sites for hydroxylation is 1. The van der Waals surface area contributed by atoms with Crippen LogP contribution in [-0.2, 0) is 20.8 Å². The first kappa shape index (κ1) is 18.7. The van der Waals surface area contributed by atoms with Crippen molar-refractivity contribution in [2.45, 2.75) is 65.4 Å². The minimum atomic E-state index is -0.411. The molecule has 1 aliphatic heterocycles. The summed E-state index contributed by atoms with van der Waals surface area (Å²) in [7, 11) is 0. The van der Waals surface area contributed by atoms with Crippen molar-refractivity contribution in [2.24, 2.45) is 0 Å². The van der Waals surface area contributed by atoms with Crippen molar-refractivity contribution >= 4 is 5.97 Å². The largest absolute Gasteiger partial charge is 0.473 e. The number of ether oxygens (including phenoxy) is 4. The predicted molar refractivity (Wildman–Crippen MR) is 88.1 cm³/mol. The standard InChI is InChI=1S/C17H28N2O5/c1-4-21-17(20)14-12-19(18-16(14)24-13(2)3)9-7-11-23-15-8-5-6-10-22-15/h12-13,15H,4-11H2,1-3H3. The van der Waals surface area contributed by atoms with Crippen LogP contribution in [-0.4, -0.2) is 48.0 Å². The zero-order chi connectivity index (χ0) is 17.4. The van der Waals surface area contributed by atoms with E-state index in [-0.39, 0.29) is 12.4 Å². The Labute approximate surface area is 143 Å². The third-order valence-electron chi connectivity index (χ3n) is 3.54. The highest BCUT2D eigenvalue weighted by Gasteiger charge is 2.20. The van der Waals surface area contributed by atoms with Gasteiger partial charge in [0.25, 0.3) is 0 Å². The van der Waals surface area contributed by atoms with E-state index in [2.05, 4.69) is 5.10 Å². The molecule has 24 heavy (non-hydrogen) atoms. The van der Waals surface area contributed by atoms with Crippen LogP contribution in [0.25, 0.3) is 0 Å². The van der Waals surface area contributed by atoms with E-state index in [0.29, 0.717) is 31.2 Å². The molecule has 0 aromatic carbocycles. The zero-order valence-corrected chi connectivity index (χ0v) is 14.8. The van der Waals surface area contributed by atoms with Crippen LogP contribution in [0.4, 0.5) is 0 Å². The molecular formula is C17H28N2O5. The van der Waals surface area contributed by atoms with E-state index < -0.39 is 5.97 Å². The summed E-state index contributed by atoms with van der Waals surface area (Å²) < 4.78 is 23.6. The van der Waals surface area contributed by atoms with Crippen molar-refractivity contribution in [1.29, 1.82) is 0 Å². The summed E-state index contributed by atoms with van der Waals surface area (Å²) in [6, 6.07) is 0. The van der Waals surface area contributed by atoms with Crippen LogP contribution >= 0.6 is 0 Å². The summed E-state index contributed by atoms with van der Waals surface area (Å²) in [6.07, 6.45) is 5.55. The molecule has 0 spiro atoms. The third kappa shape index (κ3) is 5.79. The van der Waals surface area contributed by atoms with Gasteiger partial charge in [0.1, 0.15) is 5.56 Å². The molecule has 1 saturated heterocycles. The second-order valence-electron chi connectivity index (χ2n) is 6.02. The van der Waals surface area contributed by atoms with Gasteiger partial charge in [-0.1, -0.05) is 0 Å². The van der Waals surface area contributed by atoms with Gasteiger partial charge < -0.3 is 18.9 Å². The molecule has 0 radical (unpaired) electrons. The predicted octanol–water partition coefficient (Wildman–Crippen LogP) is 2.78. The van der Waals surface area contributed by atoms with Gasteiger partial charge in [0.15, 0.2) is 6.29 Å². The highest BCUT2D eigenvalue weighted by Crippen LogP contribution is 2.19. The second kappa shape index (κ2) is 9.64. The van der Waals surface area contributed by atoms with Crippen LogP contribution in [0.15, 0.2) is 6.20 Å². The van der Waals surface area contributed by atoms with Gasteiger partial charge in [-0.2, -0.15) is 0 Å². The average molecular weight is 340 g/mol. The molecule has 1 aromatic rings. The second-order valence-corrected chi connectivity index (χ2v) is 6.02. The number of nitrogens with zero attached hydrogens (tertiary/aromatic N) is 2. The van der Waals surface area contributed by atoms with E-state index in [0.717, 1.165) is 32.3 Å². The molecule has 2 rings (SSSR count). The SMILES string of the molecule is CCOC(=O)c1cn(CCCOC2CCCCO2)nc1OC(C)C. The van der Waals surface area contributed by atoms with Crippen LogP contribution in [0, 0.1) is 0 Å². The molecule has 0 amide bonds. The molecule has 136 valence electrons. The molecular weight excluding hydrogens is 312 g/mol. The van der Waals surface area contributed by atoms with Gasteiger partial charge in [-0.05, 0) is 46.5 Å². The molecule has 0 aliphatic carbocycles. The van der Waals surface area contributed by atoms with Crippen molar-refractivity contribution in [1.82, 2.24) is 9.78 Å². The highest BCUT2D eigenvalue weighted by molar-refractivity contribution is 5.91. The minimum absolute atomic E-state index is 0.0617. The fourth-order valence-corrected chi connectivity index (χ4v) is 2.46. The molecule has 1 atom stereocenters. The first-order valence-corrected chi connectivity index (χ1v) is 8.74. The smallest absolute Gasteiger partial charge is 0.345 e. The van der Waals surface area contributed by atoms with E-state index in [1.807, 2.05) is 13.8 Å². The summed E-state index contributed by atoms with van der Waals surface area (Å²) in [4.78, 5) is 12.0. The first-order valence-electron chi connectivity index (χ1n) is 8.74. The number of carbonyl (C=O) groups excluding carboxylic acids is 1. The zero-order valence-electron chi connectivity index (χ0n) is 14.8. The maximum absolute atomic E-state index is 12.0. The molecule has 0 N–H and O–H groups in total. The lowest BCUT2D eigenvalue weighted by Gasteiger charge is -2.22. The Bertz CT molecular complexity index is 509. The Balaban J connectivity index is 1.85. The molecule has 2 heterocycles. The Morgan fingerprint density at radius 3 is 2.96 bits per heavy atom. The molecule has 0 bridgehead atoms. The highest BCUT2D eigenvalue weighted by atomic mass is 16.7. The lowest BCUT2D eigenvalue weighted by molar-refractivity contribution is -0.163. The van der Waals surface area contributed by atoms with Gasteiger partial charge in [0.05, 0.1) is 19.3 Å². The topological polar surface area (TPSA) is 71.8 Å². The third-order valence-corrected chi connectivity index (χ3v) is 3.54. The number of esters is 1. The maximum Gasteiger partial charge on any atom is 0.345 e. The lowest BCUT2D eigenvalue weighted by atomic mass is 10.2. The van der Waals surface area contributed by atoms with Gasteiger partial charge in [-0.3, -0.25) is 4.68 Å². The number of aromatic nitrogens is 2. The van der Waals surface area contributed by atoms with Gasteiger partial charge >= 0.3 is 5.97 Å². The molecule has 1 aromatic heterocycles. The van der Waals surface area contributed by atoms with Crippen LogP contribution in [0.5, 0.6) is 5.88 Å². The molecule has 0 saturated carbocycles. The Morgan fingerprint density at radius 1 is 1.46 bits per heavy atom. The van der Waals surface area contributed by atoms with Crippen molar-refractivity contribution in [3.05, 3.63) is 11.8 Å². The van der Waals surface area contributed by atoms with Crippen LogP contribution < -0.4 is 4.74 Å². The lowest BCUT2D eigenvalue weighted by Crippen LogP contribution is -2.23. The molecule has 7 nitrogen and oxygen atoms in total. The van der Waals surface area contributed by atoms with Gasteiger partial charge in [-0.15, -0.1) is 5.10 Å². The minimum Gasteiger partial charge on any atom is -0.473 e. The van der Waals surface area contributed by atoms with E-state index in [1.165, 1.54) is 0 Å². The van der Waals surface area contributed by atoms with Crippen molar-refractivity contribution in [3.63, 3.8) is 0 Å². The van der Waals surface area contributed by atoms with E-state index in [9.17, 15) is 4.79 Å². The molecule has 1 aliphatic rings. The molecule has 1 unspecified atom stereocenters. The van der Waals surface area contributed by atoms with Crippen LogP contribution in [0.2, 0.25) is 0 Å². The van der Waals surface area contributed by atoms with E-state index in [4.69, 9.17) is 18.9 Å². The molecule has 1 fully saturated rings. The summed E-state index contributed by atoms with van der Waals surface area (Å²) in [5, 5.41) is 4.34. The Morgan fingerprint density at radius 2 is 2.29 bits per heavy atom. The monoisotopic (exact) mass is 340 g/mol. The number of hydrogen-bond acceptors (Lipinski definition) is 6. The van der Waals surface area contributed by atoms with Gasteiger partial charge in [-0.25, -0.2) is 4.79 Å². The van der Waals surface area contributed by atoms with Crippen LogP contribution in [0.3, 0.4) is 0 Å². The summed E-state index contributed by atoms with van der Waals surface area (Å²) in [5.41, 5.74) is 0.363. The van der Waals surface area contributed by atoms with Crippen LogP contribution in [0.1, 0.15) is 56.8 Å². The van der Waals surface area contributed by atoms with Gasteiger partial charge in [0.2, 0.25) is 5.88 Å². The number of hydrogen-bond donors (Lipinski definition) is 0. The first-order chi connectivity index (χ1) is 11.6. The van der Waals surface area contributed by atoms with E-state index >= 15 is 0 Å².